The van der Waals surface area contributed by atoms with Crippen molar-refractivity contribution < 1.29 is 9.18 Å². The van der Waals surface area contributed by atoms with Crippen molar-refractivity contribution in [2.24, 2.45) is 0 Å². The highest BCUT2D eigenvalue weighted by Gasteiger charge is 2.21. The van der Waals surface area contributed by atoms with E-state index >= 15 is 0 Å². The quantitative estimate of drug-likeness (QED) is 0.528. The standard InChI is InChI=1S/C21H16ClFN4O/c1-14-18(22)8-5-9-19(14)25-20(28)17-13-24-27(16-7-4-6-15(23)12-16)21(17)26-10-2-3-11-26/h2-13H,1H3,(H,25,28). The maximum Gasteiger partial charge on any atom is 0.261 e. The summed E-state index contributed by atoms with van der Waals surface area (Å²) in [5, 5.41) is 7.78. The number of rotatable bonds is 4. The third-order valence-corrected chi connectivity index (χ3v) is 4.82. The number of aromatic nitrogens is 3. The van der Waals surface area contributed by atoms with Crippen LogP contribution in [-0.2, 0) is 0 Å². The van der Waals surface area contributed by atoms with Gasteiger partial charge < -0.3 is 9.88 Å². The zero-order valence-electron chi connectivity index (χ0n) is 14.9. The Kier molecular flexibility index (Phi) is 4.71. The summed E-state index contributed by atoms with van der Waals surface area (Å²) in [4.78, 5) is 13.0. The summed E-state index contributed by atoms with van der Waals surface area (Å²) >= 11 is 6.15. The molecule has 2 aromatic heterocycles. The third kappa shape index (κ3) is 3.30. The first-order chi connectivity index (χ1) is 13.5. The lowest BCUT2D eigenvalue weighted by Crippen LogP contribution is -2.16. The first-order valence-corrected chi connectivity index (χ1v) is 8.96. The molecule has 28 heavy (non-hydrogen) atoms. The van der Waals surface area contributed by atoms with Crippen LogP contribution in [0, 0.1) is 12.7 Å². The van der Waals surface area contributed by atoms with Crippen molar-refractivity contribution >= 4 is 23.2 Å². The molecule has 4 rings (SSSR count). The Balaban J connectivity index is 1.79. The first kappa shape index (κ1) is 18.0. The second kappa shape index (κ2) is 7.32. The average Bonchev–Trinajstić information content (AvgIpc) is 3.34. The van der Waals surface area contributed by atoms with E-state index in [1.54, 1.807) is 47.3 Å². The number of benzene rings is 2. The fourth-order valence-electron chi connectivity index (χ4n) is 2.96. The van der Waals surface area contributed by atoms with Crippen LogP contribution in [-0.4, -0.2) is 20.3 Å². The molecular formula is C21H16ClFN4O. The van der Waals surface area contributed by atoms with E-state index in [0.717, 1.165) is 5.56 Å². The molecule has 2 heterocycles. The van der Waals surface area contributed by atoms with Crippen molar-refractivity contribution in [3.05, 3.63) is 95.2 Å². The maximum absolute atomic E-state index is 13.7. The molecular weight excluding hydrogens is 379 g/mol. The molecule has 0 aliphatic carbocycles. The highest BCUT2D eigenvalue weighted by atomic mass is 35.5. The van der Waals surface area contributed by atoms with Crippen molar-refractivity contribution in [1.29, 1.82) is 0 Å². The van der Waals surface area contributed by atoms with Crippen molar-refractivity contribution in [2.75, 3.05) is 5.32 Å². The molecule has 0 saturated carbocycles. The lowest BCUT2D eigenvalue weighted by molar-refractivity contribution is 0.102. The van der Waals surface area contributed by atoms with Crippen molar-refractivity contribution in [3.63, 3.8) is 0 Å². The highest BCUT2D eigenvalue weighted by Crippen LogP contribution is 2.25. The number of anilines is 1. The van der Waals surface area contributed by atoms with Crippen LogP contribution < -0.4 is 5.32 Å². The van der Waals surface area contributed by atoms with Gasteiger partial charge >= 0.3 is 0 Å². The van der Waals surface area contributed by atoms with Gasteiger partial charge in [-0.2, -0.15) is 5.10 Å². The van der Waals surface area contributed by atoms with Gasteiger partial charge in [0.05, 0.1) is 11.9 Å². The number of halogens is 2. The molecule has 0 bridgehead atoms. The van der Waals surface area contributed by atoms with Gasteiger partial charge in [0.2, 0.25) is 0 Å². The Labute approximate surface area is 166 Å². The minimum Gasteiger partial charge on any atom is -0.322 e. The summed E-state index contributed by atoms with van der Waals surface area (Å²) in [6.45, 7) is 1.83. The SMILES string of the molecule is Cc1c(Cl)cccc1NC(=O)c1cnn(-c2cccc(F)c2)c1-n1cccc1. The van der Waals surface area contributed by atoms with E-state index in [2.05, 4.69) is 10.4 Å². The topological polar surface area (TPSA) is 51.9 Å². The molecule has 0 atom stereocenters. The fourth-order valence-corrected chi connectivity index (χ4v) is 3.13. The molecule has 4 aromatic rings. The number of hydrogen-bond acceptors (Lipinski definition) is 2. The molecule has 7 heteroatoms. The molecule has 0 radical (unpaired) electrons. The minimum absolute atomic E-state index is 0.336. The van der Waals surface area contributed by atoms with E-state index < -0.39 is 0 Å². The summed E-state index contributed by atoms with van der Waals surface area (Å²) in [7, 11) is 0. The van der Waals surface area contributed by atoms with Crippen LogP contribution in [0.15, 0.2) is 73.2 Å². The number of hydrogen-bond donors (Lipinski definition) is 1. The number of carbonyl (C=O) groups is 1. The van der Waals surface area contributed by atoms with Gasteiger partial charge in [-0.1, -0.05) is 23.7 Å². The Hall–Kier alpha value is -3.38. The van der Waals surface area contributed by atoms with E-state index in [1.807, 2.05) is 19.1 Å². The summed E-state index contributed by atoms with van der Waals surface area (Å²) < 4.78 is 17.0. The zero-order chi connectivity index (χ0) is 19.7. The van der Waals surface area contributed by atoms with Crippen molar-refractivity contribution in [2.45, 2.75) is 6.92 Å². The Morgan fingerprint density at radius 1 is 1.11 bits per heavy atom. The van der Waals surface area contributed by atoms with Gasteiger partial charge in [-0.25, -0.2) is 9.07 Å². The number of carbonyl (C=O) groups excluding carboxylic acids is 1. The zero-order valence-corrected chi connectivity index (χ0v) is 15.7. The third-order valence-electron chi connectivity index (χ3n) is 4.41. The Morgan fingerprint density at radius 2 is 1.86 bits per heavy atom. The van der Waals surface area contributed by atoms with Crippen LogP contribution in [0.25, 0.3) is 11.5 Å². The van der Waals surface area contributed by atoms with Gasteiger partial charge in [-0.3, -0.25) is 4.79 Å². The molecule has 140 valence electrons. The molecule has 0 unspecified atom stereocenters. The highest BCUT2D eigenvalue weighted by molar-refractivity contribution is 6.31. The van der Waals surface area contributed by atoms with Crippen LogP contribution >= 0.6 is 11.6 Å². The molecule has 0 fully saturated rings. The van der Waals surface area contributed by atoms with Crippen LogP contribution in [0.2, 0.25) is 5.02 Å². The van der Waals surface area contributed by atoms with E-state index in [-0.39, 0.29) is 11.7 Å². The average molecular weight is 395 g/mol. The van der Waals surface area contributed by atoms with Crippen molar-refractivity contribution in [3.8, 4) is 11.5 Å². The van der Waals surface area contributed by atoms with E-state index in [0.29, 0.717) is 27.8 Å². The monoisotopic (exact) mass is 394 g/mol. The van der Waals surface area contributed by atoms with Gasteiger partial charge in [0.25, 0.3) is 5.91 Å². The number of nitrogens with one attached hydrogen (secondary N) is 1. The summed E-state index contributed by atoms with van der Waals surface area (Å²) in [5.74, 6) is -0.212. The van der Waals surface area contributed by atoms with E-state index in [4.69, 9.17) is 11.6 Å². The van der Waals surface area contributed by atoms with Gasteiger partial charge in [-0.05, 0) is 55.0 Å². The molecule has 0 aliphatic heterocycles. The van der Waals surface area contributed by atoms with Crippen LogP contribution in [0.1, 0.15) is 15.9 Å². The van der Waals surface area contributed by atoms with Crippen LogP contribution in [0.5, 0.6) is 0 Å². The van der Waals surface area contributed by atoms with Crippen LogP contribution in [0.4, 0.5) is 10.1 Å². The predicted octanol–water partition coefficient (Wildman–Crippen LogP) is 5.02. The van der Waals surface area contributed by atoms with Crippen molar-refractivity contribution in [1.82, 2.24) is 14.3 Å². The van der Waals surface area contributed by atoms with Gasteiger partial charge in [0, 0.05) is 23.1 Å². The second-order valence-electron chi connectivity index (χ2n) is 6.23. The van der Waals surface area contributed by atoms with Gasteiger partial charge in [-0.15, -0.1) is 0 Å². The smallest absolute Gasteiger partial charge is 0.261 e. The first-order valence-electron chi connectivity index (χ1n) is 8.58. The number of amides is 1. The lowest BCUT2D eigenvalue weighted by atomic mass is 10.2. The maximum atomic E-state index is 13.7. The molecule has 0 spiro atoms. The van der Waals surface area contributed by atoms with E-state index in [1.165, 1.54) is 23.0 Å². The molecule has 0 saturated heterocycles. The molecule has 2 aromatic carbocycles. The Bertz CT molecular complexity index is 1150. The van der Waals surface area contributed by atoms with Crippen LogP contribution in [0.3, 0.4) is 0 Å². The second-order valence-corrected chi connectivity index (χ2v) is 6.64. The molecule has 1 amide bonds. The summed E-state index contributed by atoms with van der Waals surface area (Å²) in [6, 6.07) is 15.0. The summed E-state index contributed by atoms with van der Waals surface area (Å²) in [6.07, 6.45) is 5.07. The lowest BCUT2D eigenvalue weighted by Gasteiger charge is -2.12. The molecule has 0 aliphatic rings. The predicted molar refractivity (Wildman–Crippen MR) is 107 cm³/mol. The summed E-state index contributed by atoms with van der Waals surface area (Å²) in [5.41, 5.74) is 2.26. The normalized spacial score (nSPS) is 10.8. The fraction of sp³-hybridized carbons (Fsp3) is 0.0476. The molecule has 1 N–H and O–H groups in total. The van der Waals surface area contributed by atoms with E-state index in [9.17, 15) is 9.18 Å². The number of nitrogens with zero attached hydrogens (tertiary/aromatic N) is 3. The molecule has 5 nitrogen and oxygen atoms in total. The Morgan fingerprint density at radius 3 is 2.61 bits per heavy atom. The van der Waals surface area contributed by atoms with Gasteiger partial charge in [0.1, 0.15) is 11.4 Å². The largest absolute Gasteiger partial charge is 0.322 e. The van der Waals surface area contributed by atoms with Gasteiger partial charge in [0.15, 0.2) is 5.82 Å². The minimum atomic E-state index is -0.382.